The van der Waals surface area contributed by atoms with Crippen LogP contribution in [0.25, 0.3) is 0 Å². The maximum atomic E-state index is 12.3. The fourth-order valence-electron chi connectivity index (χ4n) is 3.27. The fraction of sp³-hybridized carbons (Fsp3) is 0.222. The molecular weight excluding hydrogens is 414 g/mol. The van der Waals surface area contributed by atoms with Crippen molar-refractivity contribution in [2.45, 2.75) is 25.3 Å². The normalized spacial score (nSPS) is 11.2. The number of carbonyl (C=O) groups is 2. The first-order chi connectivity index (χ1) is 16.1. The van der Waals surface area contributed by atoms with Crippen molar-refractivity contribution in [3.8, 4) is 11.8 Å². The molecular formula is C27H27N3O3. The van der Waals surface area contributed by atoms with Gasteiger partial charge in [0.05, 0.1) is 0 Å². The Morgan fingerprint density at radius 2 is 1.58 bits per heavy atom. The van der Waals surface area contributed by atoms with Gasteiger partial charge in [-0.3, -0.25) is 14.6 Å². The zero-order valence-electron chi connectivity index (χ0n) is 18.3. The van der Waals surface area contributed by atoms with Crippen molar-refractivity contribution in [1.82, 2.24) is 10.3 Å². The third kappa shape index (κ3) is 7.39. The summed E-state index contributed by atoms with van der Waals surface area (Å²) in [7, 11) is 0. The quantitative estimate of drug-likeness (QED) is 0.442. The molecule has 3 aromatic rings. The largest absolute Gasteiger partial charge is 0.388 e. The summed E-state index contributed by atoms with van der Waals surface area (Å²) in [6.45, 7) is -0.735. The molecule has 6 nitrogen and oxygen atoms in total. The Hall–Kier alpha value is -3.79. The van der Waals surface area contributed by atoms with Gasteiger partial charge in [0, 0.05) is 35.6 Å². The molecule has 0 saturated heterocycles. The Labute approximate surface area is 193 Å². The summed E-state index contributed by atoms with van der Waals surface area (Å²) in [5, 5.41) is 11.5. The highest BCUT2D eigenvalue weighted by molar-refractivity contribution is 5.98. The van der Waals surface area contributed by atoms with E-state index in [4.69, 9.17) is 10.8 Å². The second-order valence-corrected chi connectivity index (χ2v) is 7.63. The topological polar surface area (TPSA) is 105 Å². The van der Waals surface area contributed by atoms with Crippen LogP contribution < -0.4 is 11.1 Å². The second-order valence-electron chi connectivity index (χ2n) is 7.63. The van der Waals surface area contributed by atoms with Crippen LogP contribution in [0.15, 0.2) is 73.1 Å². The molecule has 0 aliphatic carbocycles. The number of rotatable bonds is 9. The first-order valence-corrected chi connectivity index (χ1v) is 10.8. The molecule has 4 N–H and O–H groups in total. The number of nitrogens with two attached hydrogens (primary N) is 1. The molecule has 33 heavy (non-hydrogen) atoms. The van der Waals surface area contributed by atoms with E-state index in [-0.39, 0.29) is 6.54 Å². The molecule has 0 aliphatic rings. The van der Waals surface area contributed by atoms with E-state index in [1.807, 2.05) is 24.4 Å². The summed E-state index contributed by atoms with van der Waals surface area (Å²) in [5.41, 5.74) is 10.1. The molecule has 2 aromatic carbocycles. The SMILES string of the molecule is NC[C@H](NC(=O)c1ccc(C#Cc2ccc(CCCc3cccnc3)cc2)cc1)C(=O)CO. The number of Topliss-reactive ketones (excluding diaryl/α,β-unsaturated/α-hetero) is 1. The minimum atomic E-state index is -0.903. The van der Waals surface area contributed by atoms with E-state index >= 15 is 0 Å². The highest BCUT2D eigenvalue weighted by Gasteiger charge is 2.18. The van der Waals surface area contributed by atoms with Crippen molar-refractivity contribution in [2.75, 3.05) is 13.2 Å². The van der Waals surface area contributed by atoms with Gasteiger partial charge in [-0.05, 0) is 72.9 Å². The van der Waals surface area contributed by atoms with Gasteiger partial charge in [-0.2, -0.15) is 0 Å². The summed E-state index contributed by atoms with van der Waals surface area (Å²) in [5.74, 6) is 5.28. The van der Waals surface area contributed by atoms with Crippen LogP contribution in [0.3, 0.4) is 0 Å². The second kappa shape index (κ2) is 12.3. The molecule has 1 heterocycles. The van der Waals surface area contributed by atoms with Gasteiger partial charge in [-0.1, -0.05) is 30.0 Å². The molecule has 1 aromatic heterocycles. The lowest BCUT2D eigenvalue weighted by Gasteiger charge is -2.14. The smallest absolute Gasteiger partial charge is 0.251 e. The molecule has 0 spiro atoms. The summed E-state index contributed by atoms with van der Waals surface area (Å²) < 4.78 is 0. The van der Waals surface area contributed by atoms with E-state index in [0.717, 1.165) is 30.4 Å². The lowest BCUT2D eigenvalue weighted by atomic mass is 10.0. The number of hydrogen-bond donors (Lipinski definition) is 3. The van der Waals surface area contributed by atoms with Crippen molar-refractivity contribution in [3.63, 3.8) is 0 Å². The van der Waals surface area contributed by atoms with Gasteiger partial charge in [0.15, 0.2) is 5.78 Å². The van der Waals surface area contributed by atoms with Gasteiger partial charge in [0.25, 0.3) is 5.91 Å². The molecule has 6 heteroatoms. The molecule has 1 amide bonds. The third-order valence-electron chi connectivity index (χ3n) is 5.19. The zero-order chi connectivity index (χ0) is 23.5. The van der Waals surface area contributed by atoms with E-state index in [2.05, 4.69) is 40.3 Å². The van der Waals surface area contributed by atoms with E-state index in [9.17, 15) is 9.59 Å². The molecule has 3 rings (SSSR count). The maximum absolute atomic E-state index is 12.3. The number of nitrogens with zero attached hydrogens (tertiary/aromatic N) is 1. The Morgan fingerprint density at radius 1 is 0.939 bits per heavy atom. The Bertz CT molecular complexity index is 1120. The molecule has 0 saturated carbocycles. The summed E-state index contributed by atoms with van der Waals surface area (Å²) in [6.07, 6.45) is 6.77. The van der Waals surface area contributed by atoms with Gasteiger partial charge < -0.3 is 16.2 Å². The van der Waals surface area contributed by atoms with Crippen LogP contribution >= 0.6 is 0 Å². The number of benzene rings is 2. The standard InChI is InChI=1S/C27H27N3O3/c28-17-25(26(32)19-31)30-27(33)24-14-12-22(13-15-24)11-10-21-8-6-20(7-9-21)3-1-4-23-5-2-16-29-18-23/h2,5-9,12-16,18,25,31H,1,3-4,17,19,28H2,(H,30,33)/t25-/m0/s1. The molecule has 0 fully saturated rings. The van der Waals surface area contributed by atoms with Crippen LogP contribution in [0, 0.1) is 11.8 Å². The lowest BCUT2D eigenvalue weighted by Crippen LogP contribution is -2.46. The van der Waals surface area contributed by atoms with Crippen molar-refractivity contribution in [1.29, 1.82) is 0 Å². The first kappa shape index (κ1) is 23.9. The predicted octanol–water partition coefficient (Wildman–Crippen LogP) is 2.28. The van der Waals surface area contributed by atoms with Crippen molar-refractivity contribution >= 4 is 11.7 Å². The van der Waals surface area contributed by atoms with E-state index in [1.54, 1.807) is 30.5 Å². The van der Waals surface area contributed by atoms with Crippen LogP contribution in [0.4, 0.5) is 0 Å². The maximum Gasteiger partial charge on any atom is 0.251 e. The third-order valence-corrected chi connectivity index (χ3v) is 5.19. The number of aliphatic hydroxyl groups excluding tert-OH is 1. The monoisotopic (exact) mass is 441 g/mol. The molecule has 0 bridgehead atoms. The zero-order valence-corrected chi connectivity index (χ0v) is 18.3. The predicted molar refractivity (Wildman–Crippen MR) is 128 cm³/mol. The number of carbonyl (C=O) groups excluding carboxylic acids is 2. The van der Waals surface area contributed by atoms with Crippen LogP contribution in [0.2, 0.25) is 0 Å². The van der Waals surface area contributed by atoms with Crippen molar-refractivity contribution < 1.29 is 14.7 Å². The Kier molecular flexibility index (Phi) is 8.89. The van der Waals surface area contributed by atoms with Gasteiger partial charge in [0.1, 0.15) is 12.6 Å². The minimum Gasteiger partial charge on any atom is -0.388 e. The van der Waals surface area contributed by atoms with Gasteiger partial charge >= 0.3 is 0 Å². The number of aryl methyl sites for hydroxylation is 2. The van der Waals surface area contributed by atoms with E-state index in [0.29, 0.717) is 5.56 Å². The van der Waals surface area contributed by atoms with Gasteiger partial charge in [-0.25, -0.2) is 0 Å². The van der Waals surface area contributed by atoms with E-state index < -0.39 is 24.3 Å². The highest BCUT2D eigenvalue weighted by Crippen LogP contribution is 2.10. The fourth-order valence-corrected chi connectivity index (χ4v) is 3.27. The lowest BCUT2D eigenvalue weighted by molar-refractivity contribution is -0.123. The molecule has 1 atom stereocenters. The van der Waals surface area contributed by atoms with Crippen LogP contribution in [0.5, 0.6) is 0 Å². The molecule has 0 radical (unpaired) electrons. The Balaban J connectivity index is 1.53. The average molecular weight is 442 g/mol. The number of ketones is 1. The van der Waals surface area contributed by atoms with E-state index in [1.165, 1.54) is 11.1 Å². The van der Waals surface area contributed by atoms with Crippen LogP contribution in [-0.2, 0) is 17.6 Å². The van der Waals surface area contributed by atoms with Crippen molar-refractivity contribution in [2.24, 2.45) is 5.73 Å². The number of aliphatic hydroxyl groups is 1. The number of nitrogens with one attached hydrogen (secondary N) is 1. The molecule has 0 unspecified atom stereocenters. The van der Waals surface area contributed by atoms with Crippen LogP contribution in [-0.4, -0.2) is 41.0 Å². The summed E-state index contributed by atoms with van der Waals surface area (Å²) >= 11 is 0. The number of aromatic nitrogens is 1. The molecule has 168 valence electrons. The number of hydrogen-bond acceptors (Lipinski definition) is 5. The highest BCUT2D eigenvalue weighted by atomic mass is 16.3. The van der Waals surface area contributed by atoms with Gasteiger partial charge in [0.2, 0.25) is 0 Å². The van der Waals surface area contributed by atoms with Crippen molar-refractivity contribution in [3.05, 3.63) is 101 Å². The average Bonchev–Trinajstić information content (AvgIpc) is 2.87. The van der Waals surface area contributed by atoms with Gasteiger partial charge in [-0.15, -0.1) is 0 Å². The first-order valence-electron chi connectivity index (χ1n) is 10.8. The Morgan fingerprint density at radius 3 is 2.15 bits per heavy atom. The molecule has 0 aliphatic heterocycles. The van der Waals surface area contributed by atoms with Crippen LogP contribution in [0.1, 0.15) is 39.0 Å². The number of pyridine rings is 1. The summed E-state index contributed by atoms with van der Waals surface area (Å²) in [6, 6.07) is 18.2. The number of amides is 1. The minimum absolute atomic E-state index is 0.0714. The summed E-state index contributed by atoms with van der Waals surface area (Å²) in [4.78, 5) is 28.0.